The van der Waals surface area contributed by atoms with Gasteiger partial charge in [-0.15, -0.1) is 0 Å². The third-order valence-electron chi connectivity index (χ3n) is 4.26. The van der Waals surface area contributed by atoms with E-state index in [0.29, 0.717) is 25.9 Å². The molecule has 0 aliphatic carbocycles. The molecule has 0 amide bonds. The smallest absolute Gasteiger partial charge is 0.192 e. The molecule has 1 aromatic rings. The Morgan fingerprint density at radius 2 is 1.78 bits per heavy atom. The Morgan fingerprint density at radius 1 is 1.13 bits per heavy atom. The molecule has 0 saturated carbocycles. The van der Waals surface area contributed by atoms with Crippen molar-refractivity contribution >= 4 is 14.6 Å². The maximum absolute atomic E-state index is 10.4. The van der Waals surface area contributed by atoms with Crippen molar-refractivity contribution in [3.05, 3.63) is 35.9 Å². The molecule has 0 radical (unpaired) electrons. The summed E-state index contributed by atoms with van der Waals surface area (Å²) in [5, 5.41) is 0. The predicted octanol–water partition coefficient (Wildman–Crippen LogP) is 4.19. The van der Waals surface area contributed by atoms with Gasteiger partial charge in [0.15, 0.2) is 14.6 Å². The number of carbonyl (C=O) groups is 1. The molecule has 1 atom stereocenters. The van der Waals surface area contributed by atoms with Crippen molar-refractivity contribution in [1.29, 1.82) is 0 Å². The second-order valence-corrected chi connectivity index (χ2v) is 10.4. The third kappa shape index (κ3) is 7.13. The fourth-order valence-corrected chi connectivity index (χ4v) is 5.44. The van der Waals surface area contributed by atoms with E-state index >= 15 is 0 Å². The second kappa shape index (κ2) is 11.2. The molecule has 0 N–H and O–H groups in total. The van der Waals surface area contributed by atoms with Gasteiger partial charge >= 0.3 is 0 Å². The molecule has 0 bridgehead atoms. The van der Waals surface area contributed by atoms with E-state index in [1.807, 2.05) is 30.3 Å². The average molecular weight is 333 g/mol. The Kier molecular flexibility index (Phi) is 9.54. The number of carbonyl (C=O) groups excluding carboxylic acids is 1. The van der Waals surface area contributed by atoms with Gasteiger partial charge < -0.3 is 9.16 Å². The molecular formula is C19H28O3Si. The van der Waals surface area contributed by atoms with Crippen molar-refractivity contribution in [2.45, 2.75) is 58.0 Å². The van der Waals surface area contributed by atoms with Crippen LogP contribution in [0.1, 0.15) is 32.8 Å². The first kappa shape index (κ1) is 19.6. The van der Waals surface area contributed by atoms with Crippen LogP contribution in [0.15, 0.2) is 30.3 Å². The van der Waals surface area contributed by atoms with Crippen LogP contribution in [-0.2, 0) is 20.6 Å². The van der Waals surface area contributed by atoms with Gasteiger partial charge in [-0.25, -0.2) is 0 Å². The third-order valence-corrected chi connectivity index (χ3v) is 8.96. The van der Waals surface area contributed by atoms with E-state index in [-0.39, 0.29) is 6.10 Å². The van der Waals surface area contributed by atoms with Gasteiger partial charge in [-0.2, -0.15) is 0 Å². The summed E-state index contributed by atoms with van der Waals surface area (Å²) in [5.41, 5.74) is 1.15. The normalized spacial score (nSPS) is 12.3. The summed E-state index contributed by atoms with van der Waals surface area (Å²) in [7, 11) is -1.71. The van der Waals surface area contributed by atoms with Gasteiger partial charge in [-0.1, -0.05) is 57.0 Å². The maximum Gasteiger partial charge on any atom is 0.192 e. The van der Waals surface area contributed by atoms with Gasteiger partial charge in [0.25, 0.3) is 0 Å². The van der Waals surface area contributed by atoms with Gasteiger partial charge in [0.05, 0.1) is 19.3 Å². The molecule has 23 heavy (non-hydrogen) atoms. The molecule has 0 aliphatic rings. The number of aldehydes is 1. The van der Waals surface area contributed by atoms with E-state index in [2.05, 4.69) is 32.6 Å². The van der Waals surface area contributed by atoms with Gasteiger partial charge in [0, 0.05) is 6.42 Å². The molecule has 0 aliphatic heterocycles. The standard InChI is InChI=1S/C19H28O3Si/c1-4-23(5-2,6-3)22-19(14-10-11-15-20)17-21-16-18-12-8-7-9-13-18/h7-9,12-13,15,19H,4-6,14,16-17H2,1-3H3/t19-/m0/s1. The molecule has 0 fully saturated rings. The summed E-state index contributed by atoms with van der Waals surface area (Å²) in [4.78, 5) is 10.4. The maximum atomic E-state index is 10.4. The molecule has 4 heteroatoms. The summed E-state index contributed by atoms with van der Waals surface area (Å²) < 4.78 is 12.3. The lowest BCUT2D eigenvalue weighted by Crippen LogP contribution is -2.41. The number of benzene rings is 1. The second-order valence-electron chi connectivity index (χ2n) is 5.63. The Hall–Kier alpha value is -1.41. The van der Waals surface area contributed by atoms with Crippen LogP contribution < -0.4 is 0 Å². The Morgan fingerprint density at radius 3 is 2.35 bits per heavy atom. The van der Waals surface area contributed by atoms with Crippen LogP contribution in [0.2, 0.25) is 18.1 Å². The van der Waals surface area contributed by atoms with Crippen molar-refractivity contribution in [3.63, 3.8) is 0 Å². The minimum Gasteiger partial charge on any atom is -0.411 e. The van der Waals surface area contributed by atoms with Crippen molar-refractivity contribution in [2.24, 2.45) is 0 Å². The molecule has 0 heterocycles. The monoisotopic (exact) mass is 332 g/mol. The van der Waals surface area contributed by atoms with E-state index in [1.54, 1.807) is 0 Å². The number of ether oxygens (including phenoxy) is 1. The summed E-state index contributed by atoms with van der Waals surface area (Å²) in [5.74, 6) is 5.35. The lowest BCUT2D eigenvalue weighted by Gasteiger charge is -2.32. The number of hydrogen-bond donors (Lipinski definition) is 0. The summed E-state index contributed by atoms with van der Waals surface area (Å²) in [6, 6.07) is 13.4. The largest absolute Gasteiger partial charge is 0.411 e. The van der Waals surface area contributed by atoms with Crippen molar-refractivity contribution in [2.75, 3.05) is 6.61 Å². The highest BCUT2D eigenvalue weighted by atomic mass is 28.4. The predicted molar refractivity (Wildman–Crippen MR) is 96.6 cm³/mol. The Balaban J connectivity index is 2.62. The molecule has 1 rings (SSSR count). The highest BCUT2D eigenvalue weighted by Gasteiger charge is 2.31. The van der Waals surface area contributed by atoms with Gasteiger partial charge in [0.1, 0.15) is 0 Å². The molecule has 3 nitrogen and oxygen atoms in total. The van der Waals surface area contributed by atoms with Gasteiger partial charge in [-0.3, -0.25) is 4.79 Å². The van der Waals surface area contributed by atoms with Crippen LogP contribution in [0, 0.1) is 11.8 Å². The Labute approximate surface area is 141 Å². The zero-order chi connectivity index (χ0) is 17.0. The quantitative estimate of drug-likeness (QED) is 0.366. The van der Waals surface area contributed by atoms with Crippen LogP contribution in [0.3, 0.4) is 0 Å². The summed E-state index contributed by atoms with van der Waals surface area (Å²) in [6.45, 7) is 7.70. The molecule has 1 aromatic carbocycles. The van der Waals surface area contributed by atoms with E-state index < -0.39 is 8.32 Å². The van der Waals surface area contributed by atoms with Crippen LogP contribution in [0.25, 0.3) is 0 Å². The minimum atomic E-state index is -1.71. The first-order chi connectivity index (χ1) is 11.2. The highest BCUT2D eigenvalue weighted by Crippen LogP contribution is 2.24. The van der Waals surface area contributed by atoms with Crippen LogP contribution in [-0.4, -0.2) is 27.3 Å². The van der Waals surface area contributed by atoms with Crippen molar-refractivity contribution in [3.8, 4) is 11.8 Å². The average Bonchev–Trinajstić information content (AvgIpc) is 2.60. The lowest BCUT2D eigenvalue weighted by molar-refractivity contribution is -0.103. The van der Waals surface area contributed by atoms with E-state index in [9.17, 15) is 4.79 Å². The lowest BCUT2D eigenvalue weighted by atomic mass is 10.2. The van der Waals surface area contributed by atoms with Gasteiger partial charge in [-0.05, 0) is 29.6 Å². The van der Waals surface area contributed by atoms with Crippen LogP contribution in [0.5, 0.6) is 0 Å². The fraction of sp³-hybridized carbons (Fsp3) is 0.526. The zero-order valence-electron chi connectivity index (χ0n) is 14.5. The van der Waals surface area contributed by atoms with Crippen molar-refractivity contribution in [1.82, 2.24) is 0 Å². The minimum absolute atomic E-state index is 0.0577. The first-order valence-corrected chi connectivity index (χ1v) is 10.9. The Bertz CT molecular complexity index is 492. The van der Waals surface area contributed by atoms with Gasteiger partial charge in [0.2, 0.25) is 0 Å². The molecular weight excluding hydrogens is 304 g/mol. The van der Waals surface area contributed by atoms with Crippen LogP contribution >= 0.6 is 0 Å². The van der Waals surface area contributed by atoms with Crippen molar-refractivity contribution < 1.29 is 14.0 Å². The summed E-state index contributed by atoms with van der Waals surface area (Å²) >= 11 is 0. The molecule has 0 unspecified atom stereocenters. The fourth-order valence-electron chi connectivity index (χ4n) is 2.59. The number of rotatable bonds is 10. The molecule has 0 saturated heterocycles. The van der Waals surface area contributed by atoms with Crippen LogP contribution in [0.4, 0.5) is 0 Å². The summed E-state index contributed by atoms with van der Waals surface area (Å²) in [6.07, 6.45) is 1.12. The van der Waals surface area contributed by atoms with E-state index in [4.69, 9.17) is 9.16 Å². The molecule has 126 valence electrons. The SMILES string of the molecule is CC[Si](CC)(CC)O[C@@H](CC#CC=O)COCc1ccccc1. The first-order valence-electron chi connectivity index (χ1n) is 8.41. The molecule has 0 aromatic heterocycles. The topological polar surface area (TPSA) is 35.5 Å². The zero-order valence-corrected chi connectivity index (χ0v) is 15.5. The van der Waals surface area contributed by atoms with E-state index in [0.717, 1.165) is 23.7 Å². The number of hydrogen-bond acceptors (Lipinski definition) is 3. The highest BCUT2D eigenvalue weighted by molar-refractivity contribution is 6.73. The van der Waals surface area contributed by atoms with E-state index in [1.165, 1.54) is 0 Å². The molecule has 0 spiro atoms.